The van der Waals surface area contributed by atoms with Crippen LogP contribution in [0.2, 0.25) is 0 Å². The lowest BCUT2D eigenvalue weighted by Crippen LogP contribution is -2.36. The predicted molar refractivity (Wildman–Crippen MR) is 73.3 cm³/mol. The van der Waals surface area contributed by atoms with Gasteiger partial charge in [0, 0.05) is 32.9 Å². The van der Waals surface area contributed by atoms with Gasteiger partial charge >= 0.3 is 0 Å². The van der Waals surface area contributed by atoms with E-state index in [9.17, 15) is 4.79 Å². The molecule has 0 saturated carbocycles. The molecule has 6 heteroatoms. The van der Waals surface area contributed by atoms with Crippen LogP contribution in [0.25, 0.3) is 0 Å². The highest BCUT2D eigenvalue weighted by Gasteiger charge is 2.18. The fourth-order valence-electron chi connectivity index (χ4n) is 1.69. The molecule has 0 radical (unpaired) electrons. The number of aliphatic hydroxyl groups is 1. The van der Waals surface area contributed by atoms with Gasteiger partial charge in [-0.05, 0) is 19.1 Å². The van der Waals surface area contributed by atoms with Crippen LogP contribution < -0.4 is 5.32 Å². The summed E-state index contributed by atoms with van der Waals surface area (Å²) in [6.45, 7) is 3.71. The van der Waals surface area contributed by atoms with Crippen molar-refractivity contribution in [3.05, 3.63) is 23.9 Å². The van der Waals surface area contributed by atoms with E-state index in [1.54, 1.807) is 30.3 Å². The van der Waals surface area contributed by atoms with Crippen molar-refractivity contribution in [1.29, 1.82) is 0 Å². The topological polar surface area (TPSA) is 74.7 Å². The first-order chi connectivity index (χ1) is 9.24. The molecule has 0 unspecified atom stereocenters. The van der Waals surface area contributed by atoms with Crippen molar-refractivity contribution in [3.8, 4) is 0 Å². The standard InChI is InChI=1S/C13H21N3O3/c1-3-14-12-11(5-4-6-15-12)13(18)16(7-9-17)8-10-19-2/h4-6,17H,3,7-10H2,1-2H3,(H,14,15). The summed E-state index contributed by atoms with van der Waals surface area (Å²) in [5, 5.41) is 12.1. The second kappa shape index (κ2) is 8.44. The lowest BCUT2D eigenvalue weighted by Gasteiger charge is -2.22. The summed E-state index contributed by atoms with van der Waals surface area (Å²) in [7, 11) is 1.58. The first-order valence-electron chi connectivity index (χ1n) is 6.32. The lowest BCUT2D eigenvalue weighted by molar-refractivity contribution is 0.0657. The molecular weight excluding hydrogens is 246 g/mol. The van der Waals surface area contributed by atoms with Crippen LogP contribution in [0.4, 0.5) is 5.82 Å². The highest BCUT2D eigenvalue weighted by molar-refractivity contribution is 5.98. The third kappa shape index (κ3) is 4.50. The minimum absolute atomic E-state index is 0.0771. The zero-order chi connectivity index (χ0) is 14.1. The highest BCUT2D eigenvalue weighted by atomic mass is 16.5. The van der Waals surface area contributed by atoms with Crippen molar-refractivity contribution < 1.29 is 14.6 Å². The zero-order valence-corrected chi connectivity index (χ0v) is 11.4. The van der Waals surface area contributed by atoms with Crippen LogP contribution >= 0.6 is 0 Å². The van der Waals surface area contributed by atoms with Gasteiger partial charge < -0.3 is 20.1 Å². The molecule has 1 aromatic heterocycles. The Labute approximate surface area is 113 Å². The molecule has 106 valence electrons. The molecule has 1 heterocycles. The van der Waals surface area contributed by atoms with Crippen molar-refractivity contribution >= 4 is 11.7 Å². The molecule has 0 aliphatic rings. The molecule has 19 heavy (non-hydrogen) atoms. The van der Waals surface area contributed by atoms with Gasteiger partial charge in [0.05, 0.1) is 18.8 Å². The number of hydrogen-bond acceptors (Lipinski definition) is 5. The molecule has 1 aromatic rings. The summed E-state index contributed by atoms with van der Waals surface area (Å²) in [5.74, 6) is 0.408. The molecular formula is C13H21N3O3. The number of nitrogens with zero attached hydrogens (tertiary/aromatic N) is 2. The quantitative estimate of drug-likeness (QED) is 0.721. The number of aliphatic hydroxyl groups excluding tert-OH is 1. The van der Waals surface area contributed by atoms with E-state index in [4.69, 9.17) is 9.84 Å². The van der Waals surface area contributed by atoms with Crippen LogP contribution in [0, 0.1) is 0 Å². The van der Waals surface area contributed by atoms with Crippen LogP contribution in [0.15, 0.2) is 18.3 Å². The summed E-state index contributed by atoms with van der Waals surface area (Å²) in [4.78, 5) is 18.1. The molecule has 0 aliphatic heterocycles. The molecule has 0 fully saturated rings. The maximum absolute atomic E-state index is 12.4. The third-order valence-corrected chi connectivity index (χ3v) is 2.60. The number of aromatic nitrogens is 1. The predicted octanol–water partition coefficient (Wildman–Crippen LogP) is 0.594. The van der Waals surface area contributed by atoms with Gasteiger partial charge in [0.1, 0.15) is 5.82 Å². The average molecular weight is 267 g/mol. The van der Waals surface area contributed by atoms with E-state index in [1.165, 1.54) is 0 Å². The number of pyridine rings is 1. The number of ether oxygens (including phenoxy) is 1. The van der Waals surface area contributed by atoms with Crippen LogP contribution in [0.1, 0.15) is 17.3 Å². The normalized spacial score (nSPS) is 10.3. The number of carbonyl (C=O) groups excluding carboxylic acids is 1. The molecule has 0 bridgehead atoms. The van der Waals surface area contributed by atoms with Gasteiger partial charge in [0.25, 0.3) is 5.91 Å². The van der Waals surface area contributed by atoms with Gasteiger partial charge in [-0.3, -0.25) is 4.79 Å². The van der Waals surface area contributed by atoms with Crippen molar-refractivity contribution in [2.75, 3.05) is 45.3 Å². The lowest BCUT2D eigenvalue weighted by atomic mass is 10.2. The Bertz CT molecular complexity index is 398. The number of nitrogens with one attached hydrogen (secondary N) is 1. The number of anilines is 1. The molecule has 0 aliphatic carbocycles. The van der Waals surface area contributed by atoms with E-state index in [-0.39, 0.29) is 19.1 Å². The molecule has 1 rings (SSSR count). The SMILES string of the molecule is CCNc1ncccc1C(=O)N(CCO)CCOC. The van der Waals surface area contributed by atoms with Gasteiger partial charge in [0.15, 0.2) is 0 Å². The zero-order valence-electron chi connectivity index (χ0n) is 11.4. The molecule has 0 atom stereocenters. The molecule has 0 aromatic carbocycles. The minimum Gasteiger partial charge on any atom is -0.395 e. The Morgan fingerprint density at radius 3 is 2.95 bits per heavy atom. The Morgan fingerprint density at radius 1 is 1.53 bits per heavy atom. The van der Waals surface area contributed by atoms with E-state index < -0.39 is 0 Å². The maximum Gasteiger partial charge on any atom is 0.257 e. The summed E-state index contributed by atoms with van der Waals surface area (Å²) in [5.41, 5.74) is 0.508. The first kappa shape index (κ1) is 15.4. The van der Waals surface area contributed by atoms with Crippen molar-refractivity contribution in [2.45, 2.75) is 6.92 Å². The molecule has 1 amide bonds. The summed E-state index contributed by atoms with van der Waals surface area (Å²) >= 11 is 0. The Balaban J connectivity index is 2.88. The fourth-order valence-corrected chi connectivity index (χ4v) is 1.69. The van der Waals surface area contributed by atoms with Gasteiger partial charge in [-0.2, -0.15) is 0 Å². The van der Waals surface area contributed by atoms with Gasteiger partial charge in [-0.15, -0.1) is 0 Å². The smallest absolute Gasteiger partial charge is 0.257 e. The van der Waals surface area contributed by atoms with Gasteiger partial charge in [0.2, 0.25) is 0 Å². The second-order valence-electron chi connectivity index (χ2n) is 3.94. The largest absolute Gasteiger partial charge is 0.395 e. The summed E-state index contributed by atoms with van der Waals surface area (Å²) in [6.07, 6.45) is 1.64. The Hall–Kier alpha value is -1.66. The fraction of sp³-hybridized carbons (Fsp3) is 0.538. The minimum atomic E-state index is -0.157. The van der Waals surface area contributed by atoms with Crippen LogP contribution in [-0.4, -0.2) is 60.9 Å². The Morgan fingerprint density at radius 2 is 2.32 bits per heavy atom. The van der Waals surface area contributed by atoms with E-state index in [0.29, 0.717) is 31.1 Å². The number of amides is 1. The van der Waals surface area contributed by atoms with Crippen molar-refractivity contribution in [3.63, 3.8) is 0 Å². The van der Waals surface area contributed by atoms with Crippen LogP contribution in [0.3, 0.4) is 0 Å². The van der Waals surface area contributed by atoms with Gasteiger partial charge in [-0.25, -0.2) is 4.98 Å². The first-order valence-corrected chi connectivity index (χ1v) is 6.32. The maximum atomic E-state index is 12.4. The van der Waals surface area contributed by atoms with E-state index >= 15 is 0 Å². The molecule has 6 nitrogen and oxygen atoms in total. The number of rotatable bonds is 8. The van der Waals surface area contributed by atoms with Crippen molar-refractivity contribution in [2.24, 2.45) is 0 Å². The molecule has 2 N–H and O–H groups in total. The van der Waals surface area contributed by atoms with E-state index in [2.05, 4.69) is 10.3 Å². The van der Waals surface area contributed by atoms with Crippen LogP contribution in [-0.2, 0) is 4.74 Å². The summed E-state index contributed by atoms with van der Waals surface area (Å²) < 4.78 is 4.98. The average Bonchev–Trinajstić information content (AvgIpc) is 2.44. The number of carbonyl (C=O) groups is 1. The number of methoxy groups -OCH3 is 1. The van der Waals surface area contributed by atoms with E-state index in [1.807, 2.05) is 6.92 Å². The molecule has 0 saturated heterocycles. The van der Waals surface area contributed by atoms with Gasteiger partial charge in [-0.1, -0.05) is 0 Å². The van der Waals surface area contributed by atoms with Crippen molar-refractivity contribution in [1.82, 2.24) is 9.88 Å². The summed E-state index contributed by atoms with van der Waals surface area (Å²) in [6, 6.07) is 3.45. The number of hydrogen-bond donors (Lipinski definition) is 2. The third-order valence-electron chi connectivity index (χ3n) is 2.60. The van der Waals surface area contributed by atoms with E-state index in [0.717, 1.165) is 0 Å². The monoisotopic (exact) mass is 267 g/mol. The Kier molecular flexibility index (Phi) is 6.84. The molecule has 0 spiro atoms. The highest BCUT2D eigenvalue weighted by Crippen LogP contribution is 2.14. The van der Waals surface area contributed by atoms with Crippen LogP contribution in [0.5, 0.6) is 0 Å². The second-order valence-corrected chi connectivity index (χ2v) is 3.94.